The van der Waals surface area contributed by atoms with Crippen molar-refractivity contribution in [3.05, 3.63) is 24.2 Å². The zero-order valence-corrected chi connectivity index (χ0v) is 10.8. The number of carboxylic acid groups (broad SMARTS) is 1. The van der Waals surface area contributed by atoms with Crippen LogP contribution < -0.4 is 5.32 Å². The molecule has 6 nitrogen and oxygen atoms in total. The highest BCUT2D eigenvalue weighted by atomic mass is 16.4. The summed E-state index contributed by atoms with van der Waals surface area (Å²) in [5.41, 5.74) is 0. The summed E-state index contributed by atoms with van der Waals surface area (Å²) in [5.74, 6) is -0.183. The van der Waals surface area contributed by atoms with E-state index in [1.807, 2.05) is 13.0 Å². The zero-order chi connectivity index (χ0) is 13.8. The maximum Gasteiger partial charge on any atom is 0.318 e. The third-order valence-corrected chi connectivity index (χ3v) is 3.16. The van der Waals surface area contributed by atoms with Gasteiger partial charge in [0, 0.05) is 12.6 Å². The maximum atomic E-state index is 12.1. The first-order valence-corrected chi connectivity index (χ1v) is 6.41. The van der Waals surface area contributed by atoms with Crippen molar-refractivity contribution < 1.29 is 19.1 Å². The molecule has 1 fully saturated rings. The second-order valence-electron chi connectivity index (χ2n) is 4.71. The number of amides is 2. The molecule has 104 valence electrons. The SMILES string of the molecule is CC(c1ccco1)N(C(=O)NCCC(=O)O)C1CC1. The van der Waals surface area contributed by atoms with Crippen LogP contribution >= 0.6 is 0 Å². The molecule has 0 aromatic carbocycles. The lowest BCUT2D eigenvalue weighted by Crippen LogP contribution is -2.43. The lowest BCUT2D eigenvalue weighted by atomic mass is 10.2. The molecule has 1 aliphatic carbocycles. The molecule has 1 atom stereocenters. The number of carboxylic acids is 1. The molecule has 2 N–H and O–H groups in total. The van der Waals surface area contributed by atoms with Crippen LogP contribution in [-0.2, 0) is 4.79 Å². The van der Waals surface area contributed by atoms with E-state index in [0.717, 1.165) is 18.6 Å². The maximum absolute atomic E-state index is 12.1. The summed E-state index contributed by atoms with van der Waals surface area (Å²) in [7, 11) is 0. The van der Waals surface area contributed by atoms with Crippen molar-refractivity contribution in [2.24, 2.45) is 0 Å². The Morgan fingerprint density at radius 2 is 2.32 bits per heavy atom. The molecule has 19 heavy (non-hydrogen) atoms. The fourth-order valence-corrected chi connectivity index (χ4v) is 2.04. The zero-order valence-electron chi connectivity index (χ0n) is 10.8. The lowest BCUT2D eigenvalue weighted by molar-refractivity contribution is -0.136. The van der Waals surface area contributed by atoms with E-state index in [2.05, 4.69) is 5.32 Å². The van der Waals surface area contributed by atoms with Gasteiger partial charge in [-0.05, 0) is 31.9 Å². The molecule has 0 saturated heterocycles. The van der Waals surface area contributed by atoms with Gasteiger partial charge in [-0.15, -0.1) is 0 Å². The number of carbonyl (C=O) groups is 2. The molecule has 0 spiro atoms. The monoisotopic (exact) mass is 266 g/mol. The Morgan fingerprint density at radius 1 is 1.58 bits per heavy atom. The number of hydrogen-bond acceptors (Lipinski definition) is 3. The van der Waals surface area contributed by atoms with Crippen LogP contribution in [0.15, 0.2) is 22.8 Å². The molecule has 1 aliphatic rings. The Kier molecular flexibility index (Phi) is 4.09. The van der Waals surface area contributed by atoms with Gasteiger partial charge in [0.25, 0.3) is 0 Å². The first-order chi connectivity index (χ1) is 9.09. The van der Waals surface area contributed by atoms with Gasteiger partial charge < -0.3 is 19.7 Å². The minimum Gasteiger partial charge on any atom is -0.481 e. The van der Waals surface area contributed by atoms with Gasteiger partial charge in [0.1, 0.15) is 5.76 Å². The van der Waals surface area contributed by atoms with Crippen LogP contribution in [0.5, 0.6) is 0 Å². The van der Waals surface area contributed by atoms with Gasteiger partial charge in [0.2, 0.25) is 0 Å². The molecule has 2 amide bonds. The summed E-state index contributed by atoms with van der Waals surface area (Å²) in [6, 6.07) is 3.48. The molecular weight excluding hydrogens is 248 g/mol. The summed E-state index contributed by atoms with van der Waals surface area (Å²) in [6.45, 7) is 2.05. The average molecular weight is 266 g/mol. The Morgan fingerprint density at radius 3 is 2.84 bits per heavy atom. The number of nitrogens with one attached hydrogen (secondary N) is 1. The van der Waals surface area contributed by atoms with E-state index in [9.17, 15) is 9.59 Å². The number of aliphatic carboxylic acids is 1. The second kappa shape index (κ2) is 5.77. The van der Waals surface area contributed by atoms with Crippen LogP contribution in [0.4, 0.5) is 4.79 Å². The molecule has 0 aliphatic heterocycles. The average Bonchev–Trinajstić information content (AvgIpc) is 3.02. The van der Waals surface area contributed by atoms with Gasteiger partial charge in [-0.1, -0.05) is 0 Å². The van der Waals surface area contributed by atoms with E-state index in [1.54, 1.807) is 17.2 Å². The molecule has 2 rings (SSSR count). The number of rotatable bonds is 6. The molecule has 1 heterocycles. The van der Waals surface area contributed by atoms with Gasteiger partial charge in [-0.25, -0.2) is 4.79 Å². The van der Waals surface area contributed by atoms with E-state index < -0.39 is 5.97 Å². The van der Waals surface area contributed by atoms with Crippen LogP contribution in [0.25, 0.3) is 0 Å². The Hall–Kier alpha value is -1.98. The normalized spacial score (nSPS) is 15.8. The number of furan rings is 1. The van der Waals surface area contributed by atoms with Crippen molar-refractivity contribution in [1.82, 2.24) is 10.2 Å². The number of nitrogens with zero attached hydrogens (tertiary/aromatic N) is 1. The van der Waals surface area contributed by atoms with Gasteiger partial charge in [0.05, 0.1) is 18.7 Å². The summed E-state index contributed by atoms with van der Waals surface area (Å²) in [4.78, 5) is 24.3. The van der Waals surface area contributed by atoms with Crippen LogP contribution in [0.2, 0.25) is 0 Å². The van der Waals surface area contributed by atoms with Crippen LogP contribution in [0.3, 0.4) is 0 Å². The topological polar surface area (TPSA) is 82.8 Å². The first kappa shape index (κ1) is 13.5. The van der Waals surface area contributed by atoms with Crippen molar-refractivity contribution in [3.63, 3.8) is 0 Å². The fraction of sp³-hybridized carbons (Fsp3) is 0.538. The van der Waals surface area contributed by atoms with Gasteiger partial charge in [0.15, 0.2) is 0 Å². The van der Waals surface area contributed by atoms with Crippen LogP contribution in [0, 0.1) is 0 Å². The van der Waals surface area contributed by atoms with Crippen molar-refractivity contribution in [2.75, 3.05) is 6.54 Å². The fourth-order valence-electron chi connectivity index (χ4n) is 2.04. The number of carbonyl (C=O) groups excluding carboxylic acids is 1. The molecule has 1 aromatic rings. The predicted molar refractivity (Wildman–Crippen MR) is 67.6 cm³/mol. The number of hydrogen-bond donors (Lipinski definition) is 2. The molecule has 1 saturated carbocycles. The highest BCUT2D eigenvalue weighted by Gasteiger charge is 2.37. The third-order valence-electron chi connectivity index (χ3n) is 3.16. The Labute approximate surface area is 111 Å². The molecule has 6 heteroatoms. The largest absolute Gasteiger partial charge is 0.481 e. The Balaban J connectivity index is 1.95. The van der Waals surface area contributed by atoms with E-state index in [4.69, 9.17) is 9.52 Å². The summed E-state index contributed by atoms with van der Waals surface area (Å²) in [6.07, 6.45) is 3.48. The molecular formula is C13H18N2O4. The minimum absolute atomic E-state index is 0.0701. The van der Waals surface area contributed by atoms with Gasteiger partial charge >= 0.3 is 12.0 Å². The van der Waals surface area contributed by atoms with E-state index in [-0.39, 0.29) is 31.1 Å². The van der Waals surface area contributed by atoms with Gasteiger partial charge in [-0.3, -0.25) is 4.79 Å². The quantitative estimate of drug-likeness (QED) is 0.824. The first-order valence-electron chi connectivity index (χ1n) is 6.41. The van der Waals surface area contributed by atoms with Crippen LogP contribution in [0.1, 0.15) is 38.0 Å². The summed E-state index contributed by atoms with van der Waals surface area (Å²) in [5, 5.41) is 11.2. The highest BCUT2D eigenvalue weighted by molar-refractivity contribution is 5.76. The van der Waals surface area contributed by atoms with Gasteiger partial charge in [-0.2, -0.15) is 0 Å². The van der Waals surface area contributed by atoms with Crippen molar-refractivity contribution in [3.8, 4) is 0 Å². The molecule has 1 unspecified atom stereocenters. The van der Waals surface area contributed by atoms with Crippen molar-refractivity contribution >= 4 is 12.0 Å². The van der Waals surface area contributed by atoms with E-state index in [1.165, 1.54) is 0 Å². The minimum atomic E-state index is -0.919. The molecule has 0 radical (unpaired) electrons. The third kappa shape index (κ3) is 3.49. The predicted octanol–water partition coefficient (Wildman–Crippen LogP) is 1.99. The summed E-state index contributed by atoms with van der Waals surface area (Å²) >= 11 is 0. The van der Waals surface area contributed by atoms with Crippen molar-refractivity contribution in [2.45, 2.75) is 38.3 Å². The molecule has 1 aromatic heterocycles. The van der Waals surface area contributed by atoms with Crippen molar-refractivity contribution in [1.29, 1.82) is 0 Å². The van der Waals surface area contributed by atoms with Crippen LogP contribution in [-0.4, -0.2) is 34.6 Å². The highest BCUT2D eigenvalue weighted by Crippen LogP contribution is 2.34. The number of urea groups is 1. The van der Waals surface area contributed by atoms with E-state index in [0.29, 0.717) is 0 Å². The standard InChI is InChI=1S/C13H18N2O4/c1-9(11-3-2-8-19-11)15(10-4-5-10)13(18)14-7-6-12(16)17/h2-3,8-10H,4-7H2,1H3,(H,14,18)(H,16,17). The van der Waals surface area contributed by atoms with E-state index >= 15 is 0 Å². The smallest absolute Gasteiger partial charge is 0.318 e. The Bertz CT molecular complexity index is 440. The molecule has 0 bridgehead atoms. The summed E-state index contributed by atoms with van der Waals surface area (Å²) < 4.78 is 5.33. The second-order valence-corrected chi connectivity index (χ2v) is 4.71. The lowest BCUT2D eigenvalue weighted by Gasteiger charge is -2.28.